The van der Waals surface area contributed by atoms with E-state index >= 15 is 0 Å². The minimum absolute atomic E-state index is 0.00550. The van der Waals surface area contributed by atoms with Crippen LogP contribution in [0.15, 0.2) is 0 Å². The molecule has 2 aliphatic rings. The zero-order valence-corrected chi connectivity index (χ0v) is 12.9. The molecule has 1 atom stereocenters. The van der Waals surface area contributed by atoms with Crippen LogP contribution in [0.3, 0.4) is 0 Å². The van der Waals surface area contributed by atoms with Crippen molar-refractivity contribution in [3.63, 3.8) is 0 Å². The van der Waals surface area contributed by atoms with Crippen molar-refractivity contribution in [2.75, 3.05) is 39.3 Å². The maximum absolute atomic E-state index is 12.5. The molecule has 0 aliphatic carbocycles. The summed E-state index contributed by atoms with van der Waals surface area (Å²) in [5.41, 5.74) is 0. The van der Waals surface area contributed by atoms with Crippen molar-refractivity contribution in [1.82, 2.24) is 15.1 Å². The summed E-state index contributed by atoms with van der Waals surface area (Å²) in [4.78, 5) is 27.0. The lowest BCUT2D eigenvalue weighted by atomic mass is 9.97. The number of likely N-dealkylation sites (tertiary alicyclic amines) is 2. The summed E-state index contributed by atoms with van der Waals surface area (Å²) in [6.45, 7) is 6.24. The first-order valence-corrected chi connectivity index (χ1v) is 8.02. The number of carbonyl (C=O) groups excluding carboxylic acids is 1. The third kappa shape index (κ3) is 4.88. The molecule has 0 aromatic rings. The quantitative estimate of drug-likeness (QED) is 0.818. The summed E-state index contributed by atoms with van der Waals surface area (Å²) in [7, 11) is 0. The van der Waals surface area contributed by atoms with Crippen molar-refractivity contribution < 1.29 is 14.7 Å². The summed E-state index contributed by atoms with van der Waals surface area (Å²) in [6, 6.07) is 0.171. The van der Waals surface area contributed by atoms with Crippen LogP contribution >= 0.6 is 0 Å². The fourth-order valence-corrected chi connectivity index (χ4v) is 3.19. The molecule has 2 aliphatic heterocycles. The SMILES string of the molecule is CC1CCN(C(=O)N2CCCC(CNCC(=O)O)C2)CC1. The molecule has 6 nitrogen and oxygen atoms in total. The molecule has 2 heterocycles. The Morgan fingerprint density at radius 3 is 2.52 bits per heavy atom. The normalized spacial score (nSPS) is 24.1. The number of carbonyl (C=O) groups is 2. The van der Waals surface area contributed by atoms with Crippen molar-refractivity contribution >= 4 is 12.0 Å². The fourth-order valence-electron chi connectivity index (χ4n) is 3.19. The van der Waals surface area contributed by atoms with Crippen LogP contribution < -0.4 is 5.32 Å². The molecule has 2 rings (SSSR count). The molecule has 120 valence electrons. The number of amides is 2. The maximum Gasteiger partial charge on any atom is 0.320 e. The van der Waals surface area contributed by atoms with Crippen LogP contribution in [0.4, 0.5) is 4.79 Å². The number of hydrogen-bond donors (Lipinski definition) is 2. The fraction of sp³-hybridized carbons (Fsp3) is 0.867. The van der Waals surface area contributed by atoms with Gasteiger partial charge in [0.25, 0.3) is 0 Å². The Kier molecular flexibility index (Phi) is 5.85. The molecule has 2 saturated heterocycles. The molecule has 21 heavy (non-hydrogen) atoms. The standard InChI is InChI=1S/C15H27N3O3/c1-12-4-7-17(8-5-12)15(21)18-6-2-3-13(11-18)9-16-10-14(19)20/h12-13,16H,2-11H2,1H3,(H,19,20). The average Bonchev–Trinajstić information content (AvgIpc) is 2.47. The first-order valence-electron chi connectivity index (χ1n) is 8.02. The highest BCUT2D eigenvalue weighted by Crippen LogP contribution is 2.21. The number of hydrogen-bond acceptors (Lipinski definition) is 3. The smallest absolute Gasteiger partial charge is 0.320 e. The first-order chi connectivity index (χ1) is 10.1. The second-order valence-electron chi connectivity index (χ2n) is 6.43. The highest BCUT2D eigenvalue weighted by molar-refractivity contribution is 5.74. The molecule has 2 N–H and O–H groups in total. The van der Waals surface area contributed by atoms with Crippen molar-refractivity contribution in [2.45, 2.75) is 32.6 Å². The van der Waals surface area contributed by atoms with E-state index in [1.54, 1.807) is 0 Å². The van der Waals surface area contributed by atoms with Gasteiger partial charge in [0.15, 0.2) is 0 Å². The number of carboxylic acids is 1. The lowest BCUT2D eigenvalue weighted by Gasteiger charge is -2.38. The summed E-state index contributed by atoms with van der Waals surface area (Å²) < 4.78 is 0. The molecule has 0 aromatic carbocycles. The van der Waals surface area contributed by atoms with Crippen LogP contribution in [-0.4, -0.2) is 66.2 Å². The van der Waals surface area contributed by atoms with Gasteiger partial charge in [-0.2, -0.15) is 0 Å². The Labute approximate surface area is 126 Å². The summed E-state index contributed by atoms with van der Waals surface area (Å²) in [6.07, 6.45) is 4.27. The molecule has 2 amide bonds. The number of urea groups is 1. The van der Waals surface area contributed by atoms with Gasteiger partial charge >= 0.3 is 12.0 Å². The van der Waals surface area contributed by atoms with E-state index in [-0.39, 0.29) is 12.6 Å². The van der Waals surface area contributed by atoms with Gasteiger partial charge in [0.05, 0.1) is 6.54 Å². The molecular weight excluding hydrogens is 270 g/mol. The molecule has 2 fully saturated rings. The van der Waals surface area contributed by atoms with E-state index in [9.17, 15) is 9.59 Å². The molecule has 6 heteroatoms. The Morgan fingerprint density at radius 2 is 1.86 bits per heavy atom. The number of nitrogens with one attached hydrogen (secondary N) is 1. The predicted molar refractivity (Wildman–Crippen MR) is 80.2 cm³/mol. The van der Waals surface area contributed by atoms with Gasteiger partial charge in [-0.25, -0.2) is 4.79 Å². The molecule has 0 aromatic heterocycles. The van der Waals surface area contributed by atoms with Gasteiger partial charge < -0.3 is 20.2 Å². The molecule has 1 unspecified atom stereocenters. The molecule has 0 spiro atoms. The summed E-state index contributed by atoms with van der Waals surface area (Å²) in [5.74, 6) is 0.260. The van der Waals surface area contributed by atoms with E-state index in [0.717, 1.165) is 57.8 Å². The van der Waals surface area contributed by atoms with E-state index < -0.39 is 5.97 Å². The maximum atomic E-state index is 12.5. The largest absolute Gasteiger partial charge is 0.480 e. The second-order valence-corrected chi connectivity index (χ2v) is 6.43. The van der Waals surface area contributed by atoms with Gasteiger partial charge in [0.1, 0.15) is 0 Å². The minimum atomic E-state index is -0.832. The Bertz CT molecular complexity index is 367. The van der Waals surface area contributed by atoms with Crippen LogP contribution in [0.5, 0.6) is 0 Å². The molecule has 0 saturated carbocycles. The van der Waals surface area contributed by atoms with Crippen molar-refractivity contribution in [1.29, 1.82) is 0 Å². The Balaban J connectivity index is 1.77. The van der Waals surface area contributed by atoms with Gasteiger partial charge in [-0.15, -0.1) is 0 Å². The van der Waals surface area contributed by atoms with Gasteiger partial charge in [0.2, 0.25) is 0 Å². The third-order valence-electron chi connectivity index (χ3n) is 4.55. The van der Waals surface area contributed by atoms with Crippen LogP contribution in [0.1, 0.15) is 32.6 Å². The molecular formula is C15H27N3O3. The van der Waals surface area contributed by atoms with Crippen LogP contribution in [0, 0.1) is 11.8 Å². The van der Waals surface area contributed by atoms with Gasteiger partial charge in [-0.05, 0) is 37.5 Å². The van der Waals surface area contributed by atoms with E-state index in [1.165, 1.54) is 0 Å². The van der Waals surface area contributed by atoms with Gasteiger partial charge in [-0.3, -0.25) is 4.79 Å². The van der Waals surface area contributed by atoms with Crippen LogP contribution in [-0.2, 0) is 4.79 Å². The Morgan fingerprint density at radius 1 is 1.14 bits per heavy atom. The van der Waals surface area contributed by atoms with Crippen molar-refractivity contribution in [3.8, 4) is 0 Å². The summed E-state index contributed by atoms with van der Waals surface area (Å²) in [5, 5.41) is 11.6. The molecule has 0 radical (unpaired) electrons. The van der Waals surface area contributed by atoms with E-state index in [1.807, 2.05) is 9.80 Å². The average molecular weight is 297 g/mol. The second kappa shape index (κ2) is 7.64. The molecule has 0 bridgehead atoms. The van der Waals surface area contributed by atoms with E-state index in [0.29, 0.717) is 12.5 Å². The minimum Gasteiger partial charge on any atom is -0.480 e. The zero-order valence-electron chi connectivity index (χ0n) is 12.9. The zero-order chi connectivity index (χ0) is 15.2. The number of aliphatic carboxylic acids is 1. The van der Waals surface area contributed by atoms with Crippen molar-refractivity contribution in [2.24, 2.45) is 11.8 Å². The lowest BCUT2D eigenvalue weighted by Crippen LogP contribution is -2.50. The topological polar surface area (TPSA) is 72.9 Å². The summed E-state index contributed by atoms with van der Waals surface area (Å²) >= 11 is 0. The van der Waals surface area contributed by atoms with Crippen molar-refractivity contribution in [3.05, 3.63) is 0 Å². The van der Waals surface area contributed by atoms with Crippen LogP contribution in [0.25, 0.3) is 0 Å². The number of carboxylic acid groups (broad SMARTS) is 1. The Hall–Kier alpha value is -1.30. The first kappa shape index (κ1) is 16.1. The van der Waals surface area contributed by atoms with E-state index in [2.05, 4.69) is 12.2 Å². The number of piperidine rings is 2. The van der Waals surface area contributed by atoms with Gasteiger partial charge in [-0.1, -0.05) is 6.92 Å². The monoisotopic (exact) mass is 297 g/mol. The van der Waals surface area contributed by atoms with Gasteiger partial charge in [0, 0.05) is 32.7 Å². The van der Waals surface area contributed by atoms with E-state index in [4.69, 9.17) is 5.11 Å². The lowest BCUT2D eigenvalue weighted by molar-refractivity contribution is -0.136. The highest BCUT2D eigenvalue weighted by atomic mass is 16.4. The predicted octanol–water partition coefficient (Wildman–Crippen LogP) is 1.22. The highest BCUT2D eigenvalue weighted by Gasteiger charge is 2.28. The number of nitrogens with zero attached hydrogens (tertiary/aromatic N) is 2. The van der Waals surface area contributed by atoms with Crippen LogP contribution in [0.2, 0.25) is 0 Å². The third-order valence-corrected chi connectivity index (χ3v) is 4.55. The number of rotatable bonds is 4.